The van der Waals surface area contributed by atoms with Gasteiger partial charge in [0.15, 0.2) is 0 Å². The molecule has 1 heterocycles. The Kier molecular flexibility index (Phi) is 8.84. The standard InChI is InChI=1S/C34H33NO3S/c1-35(33(36)26-37-23-20-27-12-11-19-32-31(27)21-25-39-32)22-24-38-34(28-13-5-2-6-14-28,29-15-7-3-8-16-29)30-17-9-4-10-18-30/h2-19,21,25H,20,22-24,26H2,1H3. The van der Waals surface area contributed by atoms with Gasteiger partial charge in [-0.15, -0.1) is 11.3 Å². The molecular formula is C34H33NO3S. The van der Waals surface area contributed by atoms with E-state index in [-0.39, 0.29) is 12.5 Å². The van der Waals surface area contributed by atoms with Crippen LogP contribution in [0.25, 0.3) is 10.1 Å². The van der Waals surface area contributed by atoms with Crippen molar-refractivity contribution >= 4 is 27.3 Å². The van der Waals surface area contributed by atoms with Crippen LogP contribution in [0.5, 0.6) is 0 Å². The summed E-state index contributed by atoms with van der Waals surface area (Å²) in [6, 6.07) is 39.3. The monoisotopic (exact) mass is 535 g/mol. The molecule has 0 saturated carbocycles. The fourth-order valence-corrected chi connectivity index (χ4v) is 5.79. The van der Waals surface area contributed by atoms with Crippen LogP contribution in [-0.4, -0.2) is 44.2 Å². The van der Waals surface area contributed by atoms with Crippen molar-refractivity contribution < 1.29 is 14.3 Å². The zero-order chi connectivity index (χ0) is 26.9. The van der Waals surface area contributed by atoms with Crippen LogP contribution in [0, 0.1) is 0 Å². The lowest BCUT2D eigenvalue weighted by Crippen LogP contribution is -2.38. The lowest BCUT2D eigenvalue weighted by Gasteiger charge is -2.36. The molecule has 39 heavy (non-hydrogen) atoms. The van der Waals surface area contributed by atoms with Crippen LogP contribution in [0.15, 0.2) is 121 Å². The lowest BCUT2D eigenvalue weighted by molar-refractivity contribution is -0.136. The summed E-state index contributed by atoms with van der Waals surface area (Å²) in [4.78, 5) is 14.5. The van der Waals surface area contributed by atoms with Gasteiger partial charge in [0, 0.05) is 18.3 Å². The fourth-order valence-electron chi connectivity index (χ4n) is 4.96. The van der Waals surface area contributed by atoms with E-state index in [2.05, 4.69) is 66.0 Å². The van der Waals surface area contributed by atoms with Gasteiger partial charge in [-0.25, -0.2) is 0 Å². The van der Waals surface area contributed by atoms with E-state index in [9.17, 15) is 4.79 Å². The van der Waals surface area contributed by atoms with Crippen LogP contribution in [0.1, 0.15) is 22.3 Å². The first-order valence-electron chi connectivity index (χ1n) is 13.3. The summed E-state index contributed by atoms with van der Waals surface area (Å²) in [5.41, 5.74) is 3.58. The molecule has 5 aromatic rings. The maximum atomic E-state index is 12.8. The van der Waals surface area contributed by atoms with Gasteiger partial charge in [0.05, 0.1) is 13.2 Å². The Labute approximate surface area is 234 Å². The van der Waals surface area contributed by atoms with Crippen LogP contribution in [-0.2, 0) is 26.3 Å². The van der Waals surface area contributed by atoms with E-state index in [1.807, 2.05) is 54.6 Å². The topological polar surface area (TPSA) is 38.8 Å². The van der Waals surface area contributed by atoms with Crippen LogP contribution >= 0.6 is 11.3 Å². The Morgan fingerprint density at radius 3 is 1.92 bits per heavy atom. The first-order chi connectivity index (χ1) is 19.2. The number of rotatable bonds is 12. The summed E-state index contributed by atoms with van der Waals surface area (Å²) in [5, 5.41) is 3.38. The van der Waals surface area contributed by atoms with Gasteiger partial charge >= 0.3 is 0 Å². The average Bonchev–Trinajstić information content (AvgIpc) is 3.49. The number of carbonyl (C=O) groups excluding carboxylic acids is 1. The van der Waals surface area contributed by atoms with Gasteiger partial charge in [-0.05, 0) is 51.6 Å². The number of nitrogens with zero attached hydrogens (tertiary/aromatic N) is 1. The Bertz CT molecular complexity index is 1370. The van der Waals surface area contributed by atoms with Crippen molar-refractivity contribution in [2.24, 2.45) is 0 Å². The van der Waals surface area contributed by atoms with Gasteiger partial charge in [0.25, 0.3) is 0 Å². The summed E-state index contributed by atoms with van der Waals surface area (Å²) in [6.07, 6.45) is 0.780. The zero-order valence-electron chi connectivity index (χ0n) is 22.2. The van der Waals surface area contributed by atoms with Crippen molar-refractivity contribution in [1.82, 2.24) is 4.90 Å². The number of thiophene rings is 1. The molecule has 0 aliphatic heterocycles. The van der Waals surface area contributed by atoms with Crippen molar-refractivity contribution in [3.63, 3.8) is 0 Å². The average molecular weight is 536 g/mol. The molecule has 5 heteroatoms. The molecule has 5 rings (SSSR count). The van der Waals surface area contributed by atoms with Crippen molar-refractivity contribution in [2.75, 3.05) is 33.4 Å². The molecule has 1 amide bonds. The molecular weight excluding hydrogens is 502 g/mol. The summed E-state index contributed by atoms with van der Waals surface area (Å²) < 4.78 is 13.8. The third kappa shape index (κ3) is 6.12. The van der Waals surface area contributed by atoms with Crippen LogP contribution < -0.4 is 0 Å². The molecule has 0 fully saturated rings. The summed E-state index contributed by atoms with van der Waals surface area (Å²) in [5.74, 6) is -0.0583. The maximum Gasteiger partial charge on any atom is 0.248 e. The Morgan fingerprint density at radius 2 is 1.33 bits per heavy atom. The maximum absolute atomic E-state index is 12.8. The molecule has 0 unspecified atom stereocenters. The zero-order valence-corrected chi connectivity index (χ0v) is 23.0. The smallest absolute Gasteiger partial charge is 0.248 e. The molecule has 0 aliphatic carbocycles. The number of hydrogen-bond donors (Lipinski definition) is 0. The Morgan fingerprint density at radius 1 is 0.744 bits per heavy atom. The first-order valence-corrected chi connectivity index (χ1v) is 14.1. The Hall–Kier alpha value is -3.77. The highest BCUT2D eigenvalue weighted by Gasteiger charge is 2.37. The van der Waals surface area contributed by atoms with E-state index in [1.54, 1.807) is 23.3 Å². The predicted molar refractivity (Wildman–Crippen MR) is 159 cm³/mol. The van der Waals surface area contributed by atoms with E-state index in [4.69, 9.17) is 9.47 Å². The van der Waals surface area contributed by atoms with Gasteiger partial charge in [0.1, 0.15) is 12.2 Å². The molecule has 4 nitrogen and oxygen atoms in total. The van der Waals surface area contributed by atoms with E-state index in [1.165, 1.54) is 15.6 Å². The molecule has 198 valence electrons. The van der Waals surface area contributed by atoms with Gasteiger partial charge in [-0.2, -0.15) is 0 Å². The number of hydrogen-bond acceptors (Lipinski definition) is 4. The minimum Gasteiger partial charge on any atom is -0.371 e. The normalized spacial score (nSPS) is 11.5. The molecule has 0 N–H and O–H groups in total. The minimum absolute atomic E-state index is 0.0529. The molecule has 0 saturated heterocycles. The van der Waals surface area contributed by atoms with Crippen molar-refractivity contribution in [1.29, 1.82) is 0 Å². The van der Waals surface area contributed by atoms with Crippen LogP contribution in [0.3, 0.4) is 0 Å². The summed E-state index contributed by atoms with van der Waals surface area (Å²) in [6.45, 7) is 1.37. The predicted octanol–water partition coefficient (Wildman–Crippen LogP) is 6.93. The molecule has 0 atom stereocenters. The number of carbonyl (C=O) groups is 1. The van der Waals surface area contributed by atoms with Gasteiger partial charge in [-0.3, -0.25) is 4.79 Å². The largest absolute Gasteiger partial charge is 0.371 e. The first kappa shape index (κ1) is 26.8. The van der Waals surface area contributed by atoms with Crippen molar-refractivity contribution in [2.45, 2.75) is 12.0 Å². The molecule has 0 radical (unpaired) electrons. The van der Waals surface area contributed by atoms with Gasteiger partial charge in [-0.1, -0.05) is 103 Å². The number of likely N-dealkylation sites (N-methyl/N-ethyl adjacent to an activating group) is 1. The van der Waals surface area contributed by atoms with Crippen LogP contribution in [0.2, 0.25) is 0 Å². The second-order valence-corrected chi connectivity index (χ2v) is 10.4. The Balaban J connectivity index is 1.23. The quantitative estimate of drug-likeness (QED) is 0.128. The second kappa shape index (κ2) is 12.9. The van der Waals surface area contributed by atoms with Crippen molar-refractivity contribution in [3.05, 3.63) is 143 Å². The highest BCUT2D eigenvalue weighted by atomic mass is 32.1. The van der Waals surface area contributed by atoms with E-state index >= 15 is 0 Å². The SMILES string of the molecule is CN(CCOC(c1ccccc1)(c1ccccc1)c1ccccc1)C(=O)COCCc1cccc2sccc12. The molecule has 0 aliphatic rings. The number of fused-ring (bicyclic) bond motifs is 1. The van der Waals surface area contributed by atoms with Crippen LogP contribution in [0.4, 0.5) is 0 Å². The highest BCUT2D eigenvalue weighted by molar-refractivity contribution is 7.17. The van der Waals surface area contributed by atoms with Gasteiger partial charge in [0.2, 0.25) is 5.91 Å². The van der Waals surface area contributed by atoms with E-state index < -0.39 is 5.60 Å². The fraction of sp³-hybridized carbons (Fsp3) is 0.206. The molecule has 0 spiro atoms. The number of benzene rings is 4. The molecule has 0 bridgehead atoms. The summed E-state index contributed by atoms with van der Waals surface area (Å²) >= 11 is 1.74. The summed E-state index contributed by atoms with van der Waals surface area (Å²) in [7, 11) is 1.80. The highest BCUT2D eigenvalue weighted by Crippen LogP contribution is 2.40. The third-order valence-corrected chi connectivity index (χ3v) is 7.92. The lowest BCUT2D eigenvalue weighted by atomic mass is 9.80. The second-order valence-electron chi connectivity index (χ2n) is 9.50. The van der Waals surface area contributed by atoms with Crippen molar-refractivity contribution in [3.8, 4) is 0 Å². The molecule has 1 aromatic heterocycles. The number of ether oxygens (including phenoxy) is 2. The minimum atomic E-state index is -0.799. The van der Waals surface area contributed by atoms with Gasteiger partial charge < -0.3 is 14.4 Å². The van der Waals surface area contributed by atoms with E-state index in [0.29, 0.717) is 19.8 Å². The van der Waals surface area contributed by atoms with E-state index in [0.717, 1.165) is 23.1 Å². The third-order valence-electron chi connectivity index (χ3n) is 7.04. The number of amides is 1. The molecule has 4 aromatic carbocycles.